The quantitative estimate of drug-likeness (QED) is 0.716. The zero-order valence-electron chi connectivity index (χ0n) is 7.99. The molecule has 1 aromatic carbocycles. The molecular formula is C11H14OS. The number of hydrogen-bond donors (Lipinski definition) is 0. The number of hydrogen-bond acceptors (Lipinski definition) is 2. The molecule has 1 atom stereocenters. The van der Waals surface area contributed by atoms with Crippen LogP contribution in [0.5, 0.6) is 5.75 Å². The van der Waals surface area contributed by atoms with Crippen molar-refractivity contribution < 1.29 is 4.74 Å². The lowest BCUT2D eigenvalue weighted by atomic mass is 10.1. The zero-order valence-corrected chi connectivity index (χ0v) is 8.80. The average molecular weight is 194 g/mol. The summed E-state index contributed by atoms with van der Waals surface area (Å²) in [7, 11) is 0. The van der Waals surface area contributed by atoms with Gasteiger partial charge in [0.05, 0.1) is 0 Å². The van der Waals surface area contributed by atoms with Crippen LogP contribution in [0.3, 0.4) is 0 Å². The summed E-state index contributed by atoms with van der Waals surface area (Å²) >= 11 is 1.96. The minimum absolute atomic E-state index is 0.288. The lowest BCUT2D eigenvalue weighted by Gasteiger charge is -2.43. The van der Waals surface area contributed by atoms with Crippen molar-refractivity contribution in [3.63, 3.8) is 0 Å². The second kappa shape index (κ2) is 3.26. The maximum atomic E-state index is 5.84. The molecule has 1 aliphatic heterocycles. The summed E-state index contributed by atoms with van der Waals surface area (Å²) < 4.78 is 6.13. The topological polar surface area (TPSA) is 9.23 Å². The fourth-order valence-electron chi connectivity index (χ4n) is 1.32. The Morgan fingerprint density at radius 1 is 1.31 bits per heavy atom. The lowest BCUT2D eigenvalue weighted by molar-refractivity contribution is 0.175. The van der Waals surface area contributed by atoms with E-state index in [0.29, 0.717) is 6.10 Å². The molecule has 0 amide bonds. The molecule has 2 heteroatoms. The molecule has 0 spiro atoms. The lowest BCUT2D eigenvalue weighted by Crippen LogP contribution is -2.49. The third-order valence-corrected chi connectivity index (χ3v) is 3.88. The van der Waals surface area contributed by atoms with Crippen molar-refractivity contribution in [1.29, 1.82) is 0 Å². The molecule has 1 fully saturated rings. The highest BCUT2D eigenvalue weighted by Crippen LogP contribution is 2.42. The van der Waals surface area contributed by atoms with Gasteiger partial charge in [0.1, 0.15) is 11.9 Å². The van der Waals surface area contributed by atoms with Gasteiger partial charge in [-0.3, -0.25) is 0 Å². The third kappa shape index (κ3) is 1.83. The van der Waals surface area contributed by atoms with Gasteiger partial charge in [-0.1, -0.05) is 18.2 Å². The molecule has 13 heavy (non-hydrogen) atoms. The van der Waals surface area contributed by atoms with Crippen molar-refractivity contribution in [3.8, 4) is 5.75 Å². The van der Waals surface area contributed by atoms with E-state index in [1.807, 2.05) is 42.1 Å². The summed E-state index contributed by atoms with van der Waals surface area (Å²) in [6.07, 6.45) is 0.375. The highest BCUT2D eigenvalue weighted by molar-refractivity contribution is 8.02. The Labute approximate surface area is 83.5 Å². The first-order valence-corrected chi connectivity index (χ1v) is 5.53. The number of rotatable bonds is 2. The van der Waals surface area contributed by atoms with Crippen LogP contribution >= 0.6 is 11.8 Å². The summed E-state index contributed by atoms with van der Waals surface area (Å²) in [4.78, 5) is 0. The summed E-state index contributed by atoms with van der Waals surface area (Å²) in [5.74, 6) is 2.10. The maximum Gasteiger partial charge on any atom is 0.122 e. The van der Waals surface area contributed by atoms with Crippen LogP contribution in [-0.2, 0) is 0 Å². The van der Waals surface area contributed by atoms with Gasteiger partial charge in [0.15, 0.2) is 0 Å². The average Bonchev–Trinajstić information content (AvgIpc) is 2.15. The van der Waals surface area contributed by atoms with E-state index >= 15 is 0 Å². The normalized spacial score (nSPS) is 24.9. The van der Waals surface area contributed by atoms with Crippen molar-refractivity contribution in [2.45, 2.75) is 24.7 Å². The smallest absolute Gasteiger partial charge is 0.122 e. The Bertz CT molecular complexity index is 281. The van der Waals surface area contributed by atoms with E-state index in [-0.39, 0.29) is 4.75 Å². The summed E-state index contributed by atoms with van der Waals surface area (Å²) in [6.45, 7) is 4.46. The van der Waals surface area contributed by atoms with E-state index < -0.39 is 0 Å². The van der Waals surface area contributed by atoms with Crippen LogP contribution < -0.4 is 4.74 Å². The Morgan fingerprint density at radius 3 is 2.46 bits per heavy atom. The van der Waals surface area contributed by atoms with E-state index in [1.165, 1.54) is 0 Å². The van der Waals surface area contributed by atoms with E-state index in [2.05, 4.69) is 13.8 Å². The molecule has 1 saturated heterocycles. The minimum Gasteiger partial charge on any atom is -0.488 e. The molecule has 1 aromatic rings. The van der Waals surface area contributed by atoms with Crippen LogP contribution in [-0.4, -0.2) is 16.6 Å². The van der Waals surface area contributed by atoms with Crippen LogP contribution in [0.4, 0.5) is 0 Å². The fourth-order valence-corrected chi connectivity index (χ4v) is 2.41. The standard InChI is InChI=1S/C11H14OS/c1-11(2)10(8-13-11)12-9-6-4-3-5-7-9/h3-7,10H,8H2,1-2H3. The van der Waals surface area contributed by atoms with Gasteiger partial charge in [-0.15, -0.1) is 11.8 Å². The van der Waals surface area contributed by atoms with Gasteiger partial charge in [0.25, 0.3) is 0 Å². The van der Waals surface area contributed by atoms with Crippen LogP contribution in [0, 0.1) is 0 Å². The first-order valence-electron chi connectivity index (χ1n) is 4.54. The predicted octanol–water partition coefficient (Wildman–Crippen LogP) is 2.96. The van der Waals surface area contributed by atoms with E-state index in [4.69, 9.17) is 4.74 Å². The van der Waals surface area contributed by atoms with Crippen molar-refractivity contribution >= 4 is 11.8 Å². The molecule has 1 nitrogen and oxygen atoms in total. The first kappa shape index (κ1) is 8.95. The number of para-hydroxylation sites is 1. The maximum absolute atomic E-state index is 5.84. The SMILES string of the molecule is CC1(C)SCC1Oc1ccccc1. The molecule has 70 valence electrons. The van der Waals surface area contributed by atoms with Gasteiger partial charge in [-0.05, 0) is 26.0 Å². The van der Waals surface area contributed by atoms with Crippen molar-refractivity contribution in [2.24, 2.45) is 0 Å². The van der Waals surface area contributed by atoms with E-state index in [1.54, 1.807) is 0 Å². The molecule has 2 rings (SSSR count). The molecule has 0 aliphatic carbocycles. The Kier molecular flexibility index (Phi) is 2.24. The van der Waals surface area contributed by atoms with Gasteiger partial charge in [-0.2, -0.15) is 0 Å². The molecule has 1 heterocycles. The van der Waals surface area contributed by atoms with Crippen LogP contribution in [0.2, 0.25) is 0 Å². The molecule has 0 saturated carbocycles. The Morgan fingerprint density at radius 2 is 2.00 bits per heavy atom. The molecule has 0 radical (unpaired) electrons. The van der Waals surface area contributed by atoms with E-state index in [9.17, 15) is 0 Å². The van der Waals surface area contributed by atoms with Gasteiger partial charge < -0.3 is 4.74 Å². The summed E-state index contributed by atoms with van der Waals surface area (Å²) in [6, 6.07) is 10.0. The predicted molar refractivity (Wildman–Crippen MR) is 57.4 cm³/mol. The number of ether oxygens (including phenoxy) is 1. The second-order valence-electron chi connectivity index (χ2n) is 3.83. The van der Waals surface area contributed by atoms with E-state index in [0.717, 1.165) is 11.5 Å². The third-order valence-electron chi connectivity index (χ3n) is 2.40. The van der Waals surface area contributed by atoms with Gasteiger partial charge in [0, 0.05) is 10.5 Å². The molecule has 0 aromatic heterocycles. The van der Waals surface area contributed by atoms with Gasteiger partial charge in [-0.25, -0.2) is 0 Å². The molecule has 1 aliphatic rings. The monoisotopic (exact) mass is 194 g/mol. The van der Waals surface area contributed by atoms with Crippen LogP contribution in [0.25, 0.3) is 0 Å². The number of thioether (sulfide) groups is 1. The Balaban J connectivity index is 2.00. The molecule has 1 unspecified atom stereocenters. The molecule has 0 bridgehead atoms. The second-order valence-corrected chi connectivity index (χ2v) is 5.51. The van der Waals surface area contributed by atoms with Crippen molar-refractivity contribution in [3.05, 3.63) is 30.3 Å². The van der Waals surface area contributed by atoms with Gasteiger partial charge in [0.2, 0.25) is 0 Å². The minimum atomic E-state index is 0.288. The first-order chi connectivity index (χ1) is 6.18. The van der Waals surface area contributed by atoms with Crippen LogP contribution in [0.15, 0.2) is 30.3 Å². The largest absolute Gasteiger partial charge is 0.488 e. The Hall–Kier alpha value is -0.630. The van der Waals surface area contributed by atoms with Crippen molar-refractivity contribution in [2.75, 3.05) is 5.75 Å². The van der Waals surface area contributed by atoms with Crippen LogP contribution in [0.1, 0.15) is 13.8 Å². The fraction of sp³-hybridized carbons (Fsp3) is 0.455. The summed E-state index contributed by atoms with van der Waals surface area (Å²) in [5, 5.41) is 0. The highest BCUT2D eigenvalue weighted by atomic mass is 32.2. The summed E-state index contributed by atoms with van der Waals surface area (Å²) in [5.41, 5.74) is 0. The van der Waals surface area contributed by atoms with Crippen molar-refractivity contribution in [1.82, 2.24) is 0 Å². The van der Waals surface area contributed by atoms with Gasteiger partial charge >= 0.3 is 0 Å². The number of benzene rings is 1. The highest BCUT2D eigenvalue weighted by Gasteiger charge is 2.41. The molecular weight excluding hydrogens is 180 g/mol. The zero-order chi connectivity index (χ0) is 9.31. The molecule has 0 N–H and O–H groups in total.